The third kappa shape index (κ3) is 4.34. The van der Waals surface area contributed by atoms with Crippen LogP contribution in [0.5, 0.6) is 0 Å². The molecule has 2 amide bonds. The molecule has 148 valence electrons. The molecule has 1 atom stereocenters. The molecule has 2 aromatic rings. The first kappa shape index (κ1) is 18.9. The van der Waals surface area contributed by atoms with E-state index in [9.17, 15) is 9.59 Å². The molecule has 7 nitrogen and oxygen atoms in total. The number of anilines is 1. The lowest BCUT2D eigenvalue weighted by atomic mass is 9.82. The van der Waals surface area contributed by atoms with E-state index in [4.69, 9.17) is 4.74 Å². The van der Waals surface area contributed by atoms with Gasteiger partial charge in [0.25, 0.3) is 0 Å². The number of fused-ring (bicyclic) bond motifs is 1. The molecule has 4 rings (SSSR count). The number of morpholine rings is 1. The lowest BCUT2D eigenvalue weighted by Gasteiger charge is -2.26. The zero-order valence-electron chi connectivity index (χ0n) is 15.6. The van der Waals surface area contributed by atoms with E-state index < -0.39 is 0 Å². The van der Waals surface area contributed by atoms with E-state index in [0.29, 0.717) is 18.9 Å². The maximum atomic E-state index is 12.6. The van der Waals surface area contributed by atoms with Crippen molar-refractivity contribution in [1.82, 2.24) is 15.8 Å². The molecule has 0 spiro atoms. The maximum Gasteiger partial charge on any atom is 0.245 e. The van der Waals surface area contributed by atoms with E-state index >= 15 is 0 Å². The Hall–Kier alpha value is -2.45. The summed E-state index contributed by atoms with van der Waals surface area (Å²) in [6.07, 6.45) is 2.92. The Bertz CT molecular complexity index is 847. The number of nitrogens with zero attached hydrogens (tertiary/aromatic N) is 2. The summed E-state index contributed by atoms with van der Waals surface area (Å²) in [5, 5.41) is 2.80. The van der Waals surface area contributed by atoms with Gasteiger partial charge >= 0.3 is 0 Å². The average Bonchev–Trinajstić information content (AvgIpc) is 3.20. The lowest BCUT2D eigenvalue weighted by Crippen LogP contribution is -2.45. The van der Waals surface area contributed by atoms with Crippen LogP contribution in [0, 0.1) is 0 Å². The molecule has 0 radical (unpaired) electrons. The predicted octanol–water partition coefficient (Wildman–Crippen LogP) is 1.79. The van der Waals surface area contributed by atoms with Crippen LogP contribution in [0.3, 0.4) is 0 Å². The zero-order valence-corrected chi connectivity index (χ0v) is 16.5. The van der Waals surface area contributed by atoms with Gasteiger partial charge in [-0.15, -0.1) is 11.3 Å². The molecule has 0 bridgehead atoms. The van der Waals surface area contributed by atoms with E-state index in [2.05, 4.69) is 26.8 Å². The van der Waals surface area contributed by atoms with Crippen molar-refractivity contribution in [2.24, 2.45) is 0 Å². The highest BCUT2D eigenvalue weighted by Gasteiger charge is 2.26. The SMILES string of the molecule is O=C(Cc1csc(N2CCOCC2)n1)NNC(=O)[C@@H]1CCCc2ccccc21. The summed E-state index contributed by atoms with van der Waals surface area (Å²) in [6, 6.07) is 8.03. The molecule has 1 fully saturated rings. The van der Waals surface area contributed by atoms with Crippen LogP contribution in [0.25, 0.3) is 0 Å². The molecule has 1 aromatic heterocycles. The maximum absolute atomic E-state index is 12.6. The molecule has 2 aliphatic rings. The topological polar surface area (TPSA) is 83.6 Å². The molecule has 1 saturated heterocycles. The Kier molecular flexibility index (Phi) is 5.87. The van der Waals surface area contributed by atoms with Crippen molar-refractivity contribution < 1.29 is 14.3 Å². The molecule has 2 N–H and O–H groups in total. The van der Waals surface area contributed by atoms with Gasteiger partial charge in [-0.3, -0.25) is 20.4 Å². The first-order valence-electron chi connectivity index (χ1n) is 9.64. The lowest BCUT2D eigenvalue weighted by molar-refractivity contribution is -0.129. The number of nitrogens with one attached hydrogen (secondary N) is 2. The minimum Gasteiger partial charge on any atom is -0.378 e. The number of aryl methyl sites for hydroxylation is 1. The number of carbonyl (C=O) groups excluding carboxylic acids is 2. The number of hydrazine groups is 1. The van der Waals surface area contributed by atoms with Gasteiger partial charge in [0.05, 0.1) is 31.2 Å². The van der Waals surface area contributed by atoms with Gasteiger partial charge in [-0.05, 0) is 30.4 Å². The number of hydrogen-bond donors (Lipinski definition) is 2. The van der Waals surface area contributed by atoms with Crippen LogP contribution in [0.2, 0.25) is 0 Å². The molecule has 1 aromatic carbocycles. The van der Waals surface area contributed by atoms with Crippen LogP contribution in [0.4, 0.5) is 5.13 Å². The second-order valence-corrected chi connectivity index (χ2v) is 7.92. The minimum absolute atomic E-state index is 0.141. The number of carbonyl (C=O) groups is 2. The molecular weight excluding hydrogens is 376 g/mol. The van der Waals surface area contributed by atoms with Crippen molar-refractivity contribution >= 4 is 28.3 Å². The van der Waals surface area contributed by atoms with Gasteiger partial charge in [0.1, 0.15) is 0 Å². The Balaban J connectivity index is 1.29. The fourth-order valence-electron chi connectivity index (χ4n) is 3.73. The first-order valence-corrected chi connectivity index (χ1v) is 10.5. The Labute approximate surface area is 168 Å². The smallest absolute Gasteiger partial charge is 0.245 e. The van der Waals surface area contributed by atoms with E-state index in [1.54, 1.807) is 0 Å². The monoisotopic (exact) mass is 400 g/mol. The van der Waals surface area contributed by atoms with Crippen molar-refractivity contribution in [1.29, 1.82) is 0 Å². The van der Waals surface area contributed by atoms with Gasteiger partial charge in [-0.2, -0.15) is 0 Å². The summed E-state index contributed by atoms with van der Waals surface area (Å²) >= 11 is 1.53. The van der Waals surface area contributed by atoms with Crippen molar-refractivity contribution in [2.75, 3.05) is 31.2 Å². The molecule has 0 saturated carbocycles. The van der Waals surface area contributed by atoms with Crippen LogP contribution in [-0.4, -0.2) is 43.1 Å². The molecule has 1 aliphatic heterocycles. The van der Waals surface area contributed by atoms with Crippen LogP contribution >= 0.6 is 11.3 Å². The largest absolute Gasteiger partial charge is 0.378 e. The van der Waals surface area contributed by atoms with Crippen molar-refractivity contribution in [3.05, 3.63) is 46.5 Å². The molecule has 1 aliphatic carbocycles. The first-order chi connectivity index (χ1) is 13.7. The number of hydrogen-bond acceptors (Lipinski definition) is 6. The summed E-state index contributed by atoms with van der Waals surface area (Å²) < 4.78 is 5.35. The van der Waals surface area contributed by atoms with Crippen LogP contribution in [0.15, 0.2) is 29.6 Å². The number of benzene rings is 1. The van der Waals surface area contributed by atoms with Gasteiger partial charge in [-0.25, -0.2) is 4.98 Å². The number of thiazole rings is 1. The van der Waals surface area contributed by atoms with Gasteiger partial charge in [0.2, 0.25) is 11.8 Å². The Morgan fingerprint density at radius 1 is 1.21 bits per heavy atom. The quantitative estimate of drug-likeness (QED) is 0.765. The van der Waals surface area contributed by atoms with Crippen molar-refractivity contribution in [3.63, 3.8) is 0 Å². The summed E-state index contributed by atoms with van der Waals surface area (Å²) in [7, 11) is 0. The summed E-state index contributed by atoms with van der Waals surface area (Å²) in [5.41, 5.74) is 8.13. The van der Waals surface area contributed by atoms with E-state index in [0.717, 1.165) is 43.0 Å². The Morgan fingerprint density at radius 2 is 2.04 bits per heavy atom. The summed E-state index contributed by atoms with van der Waals surface area (Å²) in [5.74, 6) is -0.637. The molecule has 8 heteroatoms. The number of rotatable bonds is 4. The highest BCUT2D eigenvalue weighted by molar-refractivity contribution is 7.13. The van der Waals surface area contributed by atoms with Gasteiger partial charge in [0.15, 0.2) is 5.13 Å². The van der Waals surface area contributed by atoms with E-state index in [1.165, 1.54) is 16.9 Å². The van der Waals surface area contributed by atoms with Gasteiger partial charge in [0, 0.05) is 18.5 Å². The Morgan fingerprint density at radius 3 is 2.89 bits per heavy atom. The number of aromatic nitrogens is 1. The summed E-state index contributed by atoms with van der Waals surface area (Å²) in [6.45, 7) is 3.04. The molecular formula is C20H24N4O3S. The fourth-order valence-corrected chi connectivity index (χ4v) is 4.61. The standard InChI is InChI=1S/C20H24N4O3S/c25-18(12-15-13-28-20(21-15)24-8-10-27-11-9-24)22-23-19(26)17-7-3-5-14-4-1-2-6-16(14)17/h1-2,4,6,13,17H,3,5,7-12H2,(H,22,25)(H,23,26)/t17-/m1/s1. The van der Waals surface area contributed by atoms with E-state index in [-0.39, 0.29) is 24.2 Å². The molecule has 2 heterocycles. The highest BCUT2D eigenvalue weighted by atomic mass is 32.1. The fraction of sp³-hybridized carbons (Fsp3) is 0.450. The number of ether oxygens (including phenoxy) is 1. The summed E-state index contributed by atoms with van der Waals surface area (Å²) in [4.78, 5) is 31.5. The third-order valence-electron chi connectivity index (χ3n) is 5.17. The molecule has 28 heavy (non-hydrogen) atoms. The van der Waals surface area contributed by atoms with Crippen molar-refractivity contribution in [2.45, 2.75) is 31.6 Å². The van der Waals surface area contributed by atoms with Crippen LogP contribution in [-0.2, 0) is 27.2 Å². The molecule has 0 unspecified atom stereocenters. The minimum atomic E-state index is -0.267. The zero-order chi connectivity index (χ0) is 19.3. The van der Waals surface area contributed by atoms with Gasteiger partial charge in [-0.1, -0.05) is 24.3 Å². The highest BCUT2D eigenvalue weighted by Crippen LogP contribution is 2.31. The van der Waals surface area contributed by atoms with Crippen LogP contribution < -0.4 is 15.8 Å². The van der Waals surface area contributed by atoms with Crippen molar-refractivity contribution in [3.8, 4) is 0 Å². The average molecular weight is 401 g/mol. The second kappa shape index (κ2) is 8.70. The van der Waals surface area contributed by atoms with E-state index in [1.807, 2.05) is 23.6 Å². The van der Waals surface area contributed by atoms with Crippen LogP contribution in [0.1, 0.15) is 35.6 Å². The third-order valence-corrected chi connectivity index (χ3v) is 6.12. The normalized spacial score (nSPS) is 19.0. The van der Waals surface area contributed by atoms with Gasteiger partial charge < -0.3 is 9.64 Å². The second-order valence-electron chi connectivity index (χ2n) is 7.08. The predicted molar refractivity (Wildman–Crippen MR) is 107 cm³/mol. The number of amides is 2.